The van der Waals surface area contributed by atoms with Crippen molar-refractivity contribution in [1.82, 2.24) is 14.9 Å². The van der Waals surface area contributed by atoms with Gasteiger partial charge in [0, 0.05) is 29.3 Å². The van der Waals surface area contributed by atoms with Gasteiger partial charge in [0.2, 0.25) is 11.8 Å². The van der Waals surface area contributed by atoms with Crippen LogP contribution in [0.1, 0.15) is 24.1 Å². The van der Waals surface area contributed by atoms with Crippen LogP contribution in [-0.4, -0.2) is 40.5 Å². The third kappa shape index (κ3) is 5.01. The molecule has 132 valence electrons. The highest BCUT2D eigenvalue weighted by Gasteiger charge is 2.23. The van der Waals surface area contributed by atoms with E-state index in [1.54, 1.807) is 0 Å². The Labute approximate surface area is 156 Å². The van der Waals surface area contributed by atoms with E-state index in [9.17, 15) is 4.79 Å². The van der Waals surface area contributed by atoms with E-state index in [0.717, 1.165) is 41.7 Å². The van der Waals surface area contributed by atoms with Gasteiger partial charge in [-0.2, -0.15) is 0 Å². The summed E-state index contributed by atoms with van der Waals surface area (Å²) in [6, 6.07) is 9.73. The van der Waals surface area contributed by atoms with Crippen molar-refractivity contribution in [1.29, 1.82) is 0 Å². The first-order valence-electron chi connectivity index (χ1n) is 8.54. The molecule has 0 N–H and O–H groups in total. The number of hydrogen-bond donors (Lipinski definition) is 0. The Balaban J connectivity index is 1.45. The molecule has 0 radical (unpaired) electrons. The van der Waals surface area contributed by atoms with Crippen molar-refractivity contribution in [2.45, 2.75) is 26.2 Å². The minimum atomic E-state index is 0.192. The summed E-state index contributed by atoms with van der Waals surface area (Å²) >= 11 is 3.51. The highest BCUT2D eigenvalue weighted by molar-refractivity contribution is 9.10. The smallest absolute Gasteiger partial charge is 0.227 e. The Kier molecular flexibility index (Phi) is 6.02. The normalized spacial score (nSPS) is 15.2. The quantitative estimate of drug-likeness (QED) is 0.767. The number of halogens is 1. The number of ether oxygens (including phenoxy) is 1. The van der Waals surface area contributed by atoms with Crippen LogP contribution in [0, 0.1) is 12.8 Å². The summed E-state index contributed by atoms with van der Waals surface area (Å²) in [5.74, 6) is 1.28. The number of nitrogens with zero attached hydrogens (tertiary/aromatic N) is 3. The van der Waals surface area contributed by atoms with Gasteiger partial charge in [-0.05, 0) is 37.3 Å². The minimum absolute atomic E-state index is 0.192. The average Bonchev–Trinajstić information content (AvgIpc) is 2.62. The number of amides is 1. The molecule has 1 saturated heterocycles. The first kappa shape index (κ1) is 17.9. The fourth-order valence-electron chi connectivity index (χ4n) is 2.98. The van der Waals surface area contributed by atoms with E-state index in [2.05, 4.69) is 25.9 Å². The van der Waals surface area contributed by atoms with Crippen LogP contribution in [0.2, 0.25) is 0 Å². The van der Waals surface area contributed by atoms with Crippen molar-refractivity contribution in [3.8, 4) is 5.88 Å². The van der Waals surface area contributed by atoms with Gasteiger partial charge in [-0.3, -0.25) is 4.79 Å². The second-order valence-corrected chi connectivity index (χ2v) is 7.26. The molecule has 1 aliphatic heterocycles. The maximum atomic E-state index is 12.5. The number of likely N-dealkylation sites (tertiary alicyclic amines) is 1. The lowest BCUT2D eigenvalue weighted by atomic mass is 9.97. The monoisotopic (exact) mass is 403 g/mol. The van der Waals surface area contributed by atoms with Gasteiger partial charge in [0.15, 0.2) is 0 Å². The molecular formula is C19H22BrN3O2. The van der Waals surface area contributed by atoms with E-state index in [0.29, 0.717) is 24.8 Å². The average molecular weight is 404 g/mol. The Morgan fingerprint density at radius 3 is 2.76 bits per heavy atom. The first-order chi connectivity index (χ1) is 12.1. The molecule has 0 atom stereocenters. The number of rotatable bonds is 5. The molecule has 1 aliphatic rings. The van der Waals surface area contributed by atoms with Crippen molar-refractivity contribution < 1.29 is 9.53 Å². The molecule has 1 amide bonds. The second-order valence-electron chi connectivity index (χ2n) is 6.40. The van der Waals surface area contributed by atoms with Gasteiger partial charge < -0.3 is 9.64 Å². The third-order valence-corrected chi connectivity index (χ3v) is 5.29. The number of carbonyl (C=O) groups is 1. The van der Waals surface area contributed by atoms with Gasteiger partial charge >= 0.3 is 0 Å². The van der Waals surface area contributed by atoms with Gasteiger partial charge in [0.25, 0.3) is 0 Å². The molecule has 0 saturated carbocycles. The second kappa shape index (κ2) is 8.43. The van der Waals surface area contributed by atoms with Crippen LogP contribution in [0.25, 0.3) is 0 Å². The number of hydrogen-bond acceptors (Lipinski definition) is 4. The van der Waals surface area contributed by atoms with Crippen LogP contribution in [-0.2, 0) is 11.2 Å². The summed E-state index contributed by atoms with van der Waals surface area (Å²) in [6.45, 7) is 4.15. The van der Waals surface area contributed by atoms with E-state index in [4.69, 9.17) is 4.74 Å². The Hall–Kier alpha value is -1.95. The van der Waals surface area contributed by atoms with Crippen LogP contribution in [0.3, 0.4) is 0 Å². The Bertz CT molecular complexity index is 730. The number of carbonyl (C=O) groups excluding carboxylic acids is 1. The van der Waals surface area contributed by atoms with E-state index in [1.165, 1.54) is 6.33 Å². The predicted molar refractivity (Wildman–Crippen MR) is 99.4 cm³/mol. The molecule has 5 nitrogen and oxygen atoms in total. The highest BCUT2D eigenvalue weighted by Crippen LogP contribution is 2.21. The summed E-state index contributed by atoms with van der Waals surface area (Å²) in [5, 5.41) is 0. The molecule has 1 aromatic heterocycles. The van der Waals surface area contributed by atoms with Crippen molar-refractivity contribution in [2.24, 2.45) is 5.92 Å². The number of aromatic nitrogens is 2. The van der Waals surface area contributed by atoms with E-state index < -0.39 is 0 Å². The van der Waals surface area contributed by atoms with Gasteiger partial charge in [-0.25, -0.2) is 9.97 Å². The molecule has 6 heteroatoms. The van der Waals surface area contributed by atoms with Gasteiger partial charge in [-0.15, -0.1) is 0 Å². The molecule has 3 rings (SSSR count). The lowest BCUT2D eigenvalue weighted by Gasteiger charge is -2.32. The standard InChI is InChI=1S/C19H22BrN3O2/c1-14-10-18(22-13-21-14)25-12-15-6-8-23(9-7-15)19(24)11-16-4-2-3-5-17(16)20/h2-5,10,13,15H,6-9,11-12H2,1H3. The molecule has 0 unspecified atom stereocenters. The SMILES string of the molecule is Cc1cc(OCC2CCN(C(=O)Cc3ccccc3Br)CC2)ncn1. The van der Waals surface area contributed by atoms with Crippen LogP contribution in [0.5, 0.6) is 5.88 Å². The maximum Gasteiger partial charge on any atom is 0.227 e. The predicted octanol–water partition coefficient (Wildman–Crippen LogP) is 3.41. The molecule has 25 heavy (non-hydrogen) atoms. The molecule has 2 heterocycles. The zero-order chi connectivity index (χ0) is 17.6. The molecule has 0 spiro atoms. The number of piperidine rings is 1. The number of benzene rings is 1. The molecule has 1 aromatic carbocycles. The summed E-state index contributed by atoms with van der Waals surface area (Å²) in [7, 11) is 0. The Morgan fingerprint density at radius 1 is 1.28 bits per heavy atom. The summed E-state index contributed by atoms with van der Waals surface area (Å²) < 4.78 is 6.77. The van der Waals surface area contributed by atoms with Crippen molar-refractivity contribution in [2.75, 3.05) is 19.7 Å². The van der Waals surface area contributed by atoms with Crippen molar-refractivity contribution in [3.63, 3.8) is 0 Å². The van der Waals surface area contributed by atoms with E-state index in [1.807, 2.05) is 42.2 Å². The zero-order valence-corrected chi connectivity index (χ0v) is 15.9. The van der Waals surface area contributed by atoms with Gasteiger partial charge in [0.05, 0.1) is 13.0 Å². The molecule has 1 fully saturated rings. The largest absolute Gasteiger partial charge is 0.477 e. The maximum absolute atomic E-state index is 12.5. The summed E-state index contributed by atoms with van der Waals surface area (Å²) in [6.07, 6.45) is 3.90. The summed E-state index contributed by atoms with van der Waals surface area (Å²) in [5.41, 5.74) is 1.94. The Morgan fingerprint density at radius 2 is 2.04 bits per heavy atom. The summed E-state index contributed by atoms with van der Waals surface area (Å²) in [4.78, 5) is 22.6. The fourth-order valence-corrected chi connectivity index (χ4v) is 3.40. The third-order valence-electron chi connectivity index (χ3n) is 4.51. The topological polar surface area (TPSA) is 55.3 Å². The van der Waals surface area contributed by atoms with Crippen LogP contribution in [0.15, 0.2) is 41.1 Å². The van der Waals surface area contributed by atoms with Gasteiger partial charge in [0.1, 0.15) is 6.33 Å². The molecule has 0 aliphatic carbocycles. The lowest BCUT2D eigenvalue weighted by Crippen LogP contribution is -2.40. The van der Waals surface area contributed by atoms with Crippen molar-refractivity contribution in [3.05, 3.63) is 52.4 Å². The van der Waals surface area contributed by atoms with Gasteiger partial charge in [-0.1, -0.05) is 34.1 Å². The minimum Gasteiger partial charge on any atom is -0.477 e. The van der Waals surface area contributed by atoms with Crippen LogP contribution >= 0.6 is 15.9 Å². The molecule has 0 bridgehead atoms. The molecule has 2 aromatic rings. The van der Waals surface area contributed by atoms with Crippen molar-refractivity contribution >= 4 is 21.8 Å². The first-order valence-corrected chi connectivity index (χ1v) is 9.34. The van der Waals surface area contributed by atoms with E-state index in [-0.39, 0.29) is 5.91 Å². The van der Waals surface area contributed by atoms with Crippen LogP contribution < -0.4 is 4.74 Å². The highest BCUT2D eigenvalue weighted by atomic mass is 79.9. The van der Waals surface area contributed by atoms with Crippen LogP contribution in [0.4, 0.5) is 0 Å². The fraction of sp³-hybridized carbons (Fsp3) is 0.421. The number of aryl methyl sites for hydroxylation is 1. The van der Waals surface area contributed by atoms with E-state index >= 15 is 0 Å². The lowest BCUT2D eigenvalue weighted by molar-refractivity contribution is -0.132. The molecular weight excluding hydrogens is 382 g/mol. The zero-order valence-electron chi connectivity index (χ0n) is 14.3.